The number of aryl methyl sites for hydroxylation is 2. The van der Waals surface area contributed by atoms with Crippen LogP contribution in [0.5, 0.6) is 0 Å². The third-order valence-electron chi connectivity index (χ3n) is 4.23. The molecule has 0 bridgehead atoms. The minimum absolute atomic E-state index is 0.0610. The first kappa shape index (κ1) is 12.7. The van der Waals surface area contributed by atoms with Crippen molar-refractivity contribution in [3.8, 4) is 0 Å². The van der Waals surface area contributed by atoms with Gasteiger partial charge in [0.15, 0.2) is 0 Å². The van der Waals surface area contributed by atoms with E-state index in [1.807, 2.05) is 13.0 Å². The van der Waals surface area contributed by atoms with Crippen molar-refractivity contribution in [2.75, 3.05) is 0 Å². The summed E-state index contributed by atoms with van der Waals surface area (Å²) >= 11 is 6.16. The van der Waals surface area contributed by atoms with Gasteiger partial charge in [-0.25, -0.2) is 0 Å². The molecule has 2 heteroatoms. The fraction of sp³-hybridized carbons (Fsp3) is 0.294. The minimum atomic E-state index is 0.0610. The van der Waals surface area contributed by atoms with Gasteiger partial charge in [-0.05, 0) is 54.2 Å². The van der Waals surface area contributed by atoms with E-state index < -0.39 is 0 Å². The van der Waals surface area contributed by atoms with Gasteiger partial charge in [0.1, 0.15) is 0 Å². The maximum atomic E-state index is 6.49. The Bertz CT molecular complexity index is 633. The van der Waals surface area contributed by atoms with Crippen molar-refractivity contribution in [1.82, 2.24) is 0 Å². The normalized spacial score (nSPS) is 18.6. The molecule has 98 valence electrons. The monoisotopic (exact) mass is 271 g/mol. The Hall–Kier alpha value is -1.31. The van der Waals surface area contributed by atoms with Crippen LogP contribution in [0.25, 0.3) is 0 Å². The van der Waals surface area contributed by atoms with Gasteiger partial charge in [0.05, 0.1) is 0 Å². The molecule has 0 heterocycles. The van der Waals surface area contributed by atoms with Crippen LogP contribution in [0.3, 0.4) is 0 Å². The van der Waals surface area contributed by atoms with E-state index in [1.54, 1.807) is 0 Å². The maximum Gasteiger partial charge on any atom is 0.0438 e. The molecule has 0 saturated carbocycles. The average Bonchev–Trinajstić information content (AvgIpc) is 2.35. The van der Waals surface area contributed by atoms with Gasteiger partial charge in [0.25, 0.3) is 0 Å². The summed E-state index contributed by atoms with van der Waals surface area (Å²) in [5, 5.41) is 0.822. The quantitative estimate of drug-likeness (QED) is 0.866. The molecule has 1 aliphatic rings. The molecule has 0 aliphatic heterocycles. The molecule has 1 aliphatic carbocycles. The molecule has 0 radical (unpaired) electrons. The lowest BCUT2D eigenvalue weighted by Gasteiger charge is -2.35. The zero-order valence-electron chi connectivity index (χ0n) is 11.3. The van der Waals surface area contributed by atoms with E-state index in [0.717, 1.165) is 17.0 Å². The average molecular weight is 272 g/mol. The van der Waals surface area contributed by atoms with Gasteiger partial charge in [-0.3, -0.25) is 0 Å². The molecule has 0 spiro atoms. The van der Waals surface area contributed by atoms with Crippen molar-refractivity contribution < 1.29 is 0 Å². The zero-order valence-corrected chi connectivity index (χ0v) is 12.0. The SMILES string of the molecule is Cc1cc(C(N)C2Cc3ccccc32)c(C)cc1Cl. The number of rotatable bonds is 2. The lowest BCUT2D eigenvalue weighted by atomic mass is 9.71. The second kappa shape index (κ2) is 4.66. The van der Waals surface area contributed by atoms with E-state index in [4.69, 9.17) is 17.3 Å². The van der Waals surface area contributed by atoms with Gasteiger partial charge in [-0.2, -0.15) is 0 Å². The van der Waals surface area contributed by atoms with Crippen LogP contribution in [-0.4, -0.2) is 0 Å². The van der Waals surface area contributed by atoms with Crippen LogP contribution >= 0.6 is 11.6 Å². The van der Waals surface area contributed by atoms with E-state index >= 15 is 0 Å². The molecule has 3 rings (SSSR count). The van der Waals surface area contributed by atoms with Gasteiger partial charge in [0.2, 0.25) is 0 Å². The van der Waals surface area contributed by atoms with Crippen LogP contribution in [0.15, 0.2) is 36.4 Å². The molecule has 0 aromatic heterocycles. The minimum Gasteiger partial charge on any atom is -0.323 e. The predicted molar refractivity (Wildman–Crippen MR) is 80.7 cm³/mol. The molecule has 2 unspecified atom stereocenters. The van der Waals surface area contributed by atoms with E-state index in [2.05, 4.69) is 37.3 Å². The highest BCUT2D eigenvalue weighted by Gasteiger charge is 2.32. The van der Waals surface area contributed by atoms with Crippen LogP contribution in [0.2, 0.25) is 5.02 Å². The van der Waals surface area contributed by atoms with E-state index in [9.17, 15) is 0 Å². The Morgan fingerprint density at radius 2 is 1.89 bits per heavy atom. The molecule has 19 heavy (non-hydrogen) atoms. The highest BCUT2D eigenvalue weighted by Crippen LogP contribution is 2.43. The summed E-state index contributed by atoms with van der Waals surface area (Å²) in [7, 11) is 0. The number of nitrogens with two attached hydrogens (primary N) is 1. The molecule has 2 N–H and O–H groups in total. The molecule has 2 aromatic carbocycles. The van der Waals surface area contributed by atoms with E-state index in [0.29, 0.717) is 5.92 Å². The lowest BCUT2D eigenvalue weighted by molar-refractivity contribution is 0.498. The summed E-state index contributed by atoms with van der Waals surface area (Å²) in [5.74, 6) is 0.440. The molecule has 2 aromatic rings. The molecular weight excluding hydrogens is 254 g/mol. The van der Waals surface area contributed by atoms with Gasteiger partial charge in [0, 0.05) is 17.0 Å². The largest absolute Gasteiger partial charge is 0.323 e. The van der Waals surface area contributed by atoms with Gasteiger partial charge in [-0.1, -0.05) is 41.9 Å². The molecule has 2 atom stereocenters. The maximum absolute atomic E-state index is 6.49. The van der Waals surface area contributed by atoms with Gasteiger partial charge in [-0.15, -0.1) is 0 Å². The zero-order chi connectivity index (χ0) is 13.6. The standard InChI is InChI=1S/C17H18ClN/c1-10-8-16(18)11(2)7-14(10)17(19)15-9-12-5-3-4-6-13(12)15/h3-8,15,17H,9,19H2,1-2H3. The van der Waals surface area contributed by atoms with Crippen LogP contribution in [-0.2, 0) is 6.42 Å². The van der Waals surface area contributed by atoms with E-state index in [1.165, 1.54) is 22.3 Å². The van der Waals surface area contributed by atoms with Crippen molar-refractivity contribution in [3.63, 3.8) is 0 Å². The molecule has 0 fully saturated rings. The second-order valence-electron chi connectivity index (χ2n) is 5.49. The van der Waals surface area contributed by atoms with Gasteiger partial charge >= 0.3 is 0 Å². The summed E-state index contributed by atoms with van der Waals surface area (Å²) in [6, 6.07) is 12.8. The van der Waals surface area contributed by atoms with Crippen LogP contribution < -0.4 is 5.73 Å². The van der Waals surface area contributed by atoms with E-state index in [-0.39, 0.29) is 6.04 Å². The van der Waals surface area contributed by atoms with Crippen molar-refractivity contribution >= 4 is 11.6 Å². The van der Waals surface area contributed by atoms with Crippen molar-refractivity contribution in [2.24, 2.45) is 5.73 Å². The Morgan fingerprint density at radius 1 is 1.16 bits per heavy atom. The van der Waals surface area contributed by atoms with Crippen molar-refractivity contribution in [1.29, 1.82) is 0 Å². The van der Waals surface area contributed by atoms with Crippen molar-refractivity contribution in [2.45, 2.75) is 32.2 Å². The lowest BCUT2D eigenvalue weighted by Crippen LogP contribution is -2.29. The molecule has 0 amide bonds. The second-order valence-corrected chi connectivity index (χ2v) is 5.90. The summed E-state index contributed by atoms with van der Waals surface area (Å²) in [4.78, 5) is 0. The Labute approximate surface area is 119 Å². The summed E-state index contributed by atoms with van der Waals surface area (Å²) < 4.78 is 0. The molecular formula is C17H18ClN. The summed E-state index contributed by atoms with van der Waals surface area (Å²) in [6.45, 7) is 4.12. The predicted octanol–water partition coefficient (Wildman–Crippen LogP) is 4.30. The smallest absolute Gasteiger partial charge is 0.0438 e. The fourth-order valence-corrected chi connectivity index (χ4v) is 3.22. The van der Waals surface area contributed by atoms with Crippen molar-refractivity contribution in [3.05, 3.63) is 69.2 Å². The molecule has 1 nitrogen and oxygen atoms in total. The summed E-state index contributed by atoms with van der Waals surface area (Å²) in [5.41, 5.74) is 12.8. The van der Waals surface area contributed by atoms with Crippen LogP contribution in [0.4, 0.5) is 0 Å². The topological polar surface area (TPSA) is 26.0 Å². The number of halogens is 1. The first-order chi connectivity index (χ1) is 9.08. The Morgan fingerprint density at radius 3 is 2.63 bits per heavy atom. The highest BCUT2D eigenvalue weighted by atomic mass is 35.5. The van der Waals surface area contributed by atoms with Crippen LogP contribution in [0.1, 0.15) is 39.8 Å². The third kappa shape index (κ3) is 2.07. The Balaban J connectivity index is 1.94. The summed E-state index contributed by atoms with van der Waals surface area (Å²) in [6.07, 6.45) is 1.08. The number of hydrogen-bond acceptors (Lipinski definition) is 1. The highest BCUT2D eigenvalue weighted by molar-refractivity contribution is 6.31. The first-order valence-corrected chi connectivity index (χ1v) is 7.05. The molecule has 0 saturated heterocycles. The number of fused-ring (bicyclic) bond motifs is 1. The first-order valence-electron chi connectivity index (χ1n) is 6.68. The third-order valence-corrected chi connectivity index (χ3v) is 4.64. The number of hydrogen-bond donors (Lipinski definition) is 1. The van der Waals surface area contributed by atoms with Gasteiger partial charge < -0.3 is 5.73 Å². The Kier molecular flexibility index (Phi) is 3.12. The van der Waals surface area contributed by atoms with Crippen LogP contribution in [0, 0.1) is 13.8 Å². The fourth-order valence-electron chi connectivity index (χ4n) is 3.00. The number of benzene rings is 2.